The fourth-order valence-corrected chi connectivity index (χ4v) is 9.48. The Balaban J connectivity index is 3.96. The minimum Gasteiger partial charge on any atom is -0.462 e. The van der Waals surface area contributed by atoms with Gasteiger partial charge in [-0.15, -0.1) is 0 Å². The molecule has 0 N–H and O–H groups in total. The van der Waals surface area contributed by atoms with Crippen LogP contribution < -0.4 is 0 Å². The summed E-state index contributed by atoms with van der Waals surface area (Å²) in [5.74, 6) is -0.877. The summed E-state index contributed by atoms with van der Waals surface area (Å²) in [7, 11) is 0. The zero-order valence-electron chi connectivity index (χ0n) is 47.3. The molecule has 0 aromatic rings. The summed E-state index contributed by atoms with van der Waals surface area (Å²) in [5, 5.41) is 0. The van der Waals surface area contributed by atoms with Crippen LogP contribution in [0.15, 0.2) is 24.3 Å². The fourth-order valence-electron chi connectivity index (χ4n) is 9.48. The average Bonchev–Trinajstić information content (AvgIpc) is 3.36. The number of hydrogen-bond acceptors (Lipinski definition) is 6. The van der Waals surface area contributed by atoms with Gasteiger partial charge >= 0.3 is 17.9 Å². The minimum atomic E-state index is -0.772. The summed E-state index contributed by atoms with van der Waals surface area (Å²) in [5.41, 5.74) is 0. The van der Waals surface area contributed by atoms with E-state index >= 15 is 0 Å². The number of rotatable bonds is 58. The van der Waals surface area contributed by atoms with E-state index in [0.29, 0.717) is 19.3 Å². The van der Waals surface area contributed by atoms with Crippen LogP contribution in [0.2, 0.25) is 0 Å². The summed E-state index contributed by atoms with van der Waals surface area (Å²) < 4.78 is 16.8. The molecule has 0 heterocycles. The Kier molecular flexibility index (Phi) is 57.7. The maximum absolute atomic E-state index is 12.8. The van der Waals surface area contributed by atoms with Gasteiger partial charge in [-0.3, -0.25) is 14.4 Å². The number of esters is 3. The lowest BCUT2D eigenvalue weighted by molar-refractivity contribution is -0.167. The van der Waals surface area contributed by atoms with Gasteiger partial charge < -0.3 is 14.2 Å². The average molecular weight is 986 g/mol. The predicted molar refractivity (Wildman–Crippen MR) is 303 cm³/mol. The van der Waals surface area contributed by atoms with E-state index in [4.69, 9.17) is 14.2 Å². The number of unbranched alkanes of at least 4 members (excludes halogenated alkanes) is 43. The molecule has 0 aliphatic heterocycles. The van der Waals surface area contributed by atoms with Crippen LogP contribution in [-0.4, -0.2) is 37.2 Å². The molecule has 70 heavy (non-hydrogen) atoms. The Labute approximate surface area is 436 Å². The second kappa shape index (κ2) is 59.5. The first-order valence-electron chi connectivity index (χ1n) is 31.3. The molecule has 412 valence electrons. The standard InChI is InChI=1S/C64H120O6/c1-4-7-10-13-16-18-20-22-24-26-27-28-29-30-31-32-33-34-35-36-37-38-39-41-42-44-46-48-51-54-57-63(66)69-60-61(59-68-62(65)56-53-50-15-12-9-6-3)70-64(67)58-55-52-49-47-45-43-40-25-23-21-19-17-14-11-8-5-2/h19,21,25,40,61H,4-18,20,22-24,26-39,41-60H2,1-3H3/b21-19-,40-25-. The lowest BCUT2D eigenvalue weighted by Crippen LogP contribution is -2.30. The topological polar surface area (TPSA) is 78.9 Å². The van der Waals surface area contributed by atoms with Crippen LogP contribution >= 0.6 is 0 Å². The molecule has 0 aromatic carbocycles. The first-order valence-corrected chi connectivity index (χ1v) is 31.3. The van der Waals surface area contributed by atoms with Crippen molar-refractivity contribution >= 4 is 17.9 Å². The van der Waals surface area contributed by atoms with E-state index in [1.54, 1.807) is 0 Å². The lowest BCUT2D eigenvalue weighted by Gasteiger charge is -2.18. The molecule has 0 spiro atoms. The van der Waals surface area contributed by atoms with Gasteiger partial charge in [-0.1, -0.05) is 302 Å². The van der Waals surface area contributed by atoms with Gasteiger partial charge in [0, 0.05) is 19.3 Å². The molecule has 0 bridgehead atoms. The first-order chi connectivity index (χ1) is 34.5. The van der Waals surface area contributed by atoms with Crippen molar-refractivity contribution < 1.29 is 28.6 Å². The van der Waals surface area contributed by atoms with Crippen molar-refractivity contribution in [3.63, 3.8) is 0 Å². The zero-order valence-corrected chi connectivity index (χ0v) is 47.3. The van der Waals surface area contributed by atoms with E-state index in [9.17, 15) is 14.4 Å². The van der Waals surface area contributed by atoms with E-state index < -0.39 is 6.10 Å². The Hall–Kier alpha value is -2.11. The van der Waals surface area contributed by atoms with Crippen molar-refractivity contribution in [2.45, 2.75) is 354 Å². The van der Waals surface area contributed by atoms with Gasteiger partial charge in [0.25, 0.3) is 0 Å². The van der Waals surface area contributed by atoms with Crippen molar-refractivity contribution in [2.75, 3.05) is 13.2 Å². The van der Waals surface area contributed by atoms with Crippen molar-refractivity contribution in [1.29, 1.82) is 0 Å². The zero-order chi connectivity index (χ0) is 50.7. The molecule has 0 amide bonds. The molecule has 1 unspecified atom stereocenters. The molecular weight excluding hydrogens is 865 g/mol. The number of carbonyl (C=O) groups excluding carboxylic acids is 3. The molecule has 0 fully saturated rings. The Morgan fingerprint density at radius 1 is 0.286 bits per heavy atom. The number of ether oxygens (including phenoxy) is 3. The van der Waals surface area contributed by atoms with Crippen LogP contribution in [0.4, 0.5) is 0 Å². The molecule has 0 aliphatic carbocycles. The van der Waals surface area contributed by atoms with Crippen LogP contribution in [0.1, 0.15) is 348 Å². The summed E-state index contributed by atoms with van der Waals surface area (Å²) >= 11 is 0. The molecule has 0 rings (SSSR count). The molecule has 0 saturated carbocycles. The highest BCUT2D eigenvalue weighted by molar-refractivity contribution is 5.71. The van der Waals surface area contributed by atoms with Gasteiger partial charge in [0.05, 0.1) is 0 Å². The summed E-state index contributed by atoms with van der Waals surface area (Å²) in [6.45, 7) is 6.60. The highest BCUT2D eigenvalue weighted by atomic mass is 16.6. The van der Waals surface area contributed by atoms with Crippen molar-refractivity contribution in [2.24, 2.45) is 0 Å². The Morgan fingerprint density at radius 2 is 0.514 bits per heavy atom. The fraction of sp³-hybridized carbons (Fsp3) is 0.891. The van der Waals surface area contributed by atoms with Crippen LogP contribution in [-0.2, 0) is 28.6 Å². The van der Waals surface area contributed by atoms with Crippen LogP contribution in [0, 0.1) is 0 Å². The molecule has 0 radical (unpaired) electrons. The van der Waals surface area contributed by atoms with E-state index in [2.05, 4.69) is 45.1 Å². The van der Waals surface area contributed by atoms with Gasteiger partial charge in [0.1, 0.15) is 13.2 Å². The summed E-state index contributed by atoms with van der Waals surface area (Å²) in [6.07, 6.45) is 70.9. The Bertz CT molecular complexity index is 1130. The van der Waals surface area contributed by atoms with Crippen LogP contribution in [0.3, 0.4) is 0 Å². The Morgan fingerprint density at radius 3 is 0.800 bits per heavy atom. The molecule has 6 nitrogen and oxygen atoms in total. The summed E-state index contributed by atoms with van der Waals surface area (Å²) in [6, 6.07) is 0. The van der Waals surface area contributed by atoms with E-state index in [1.165, 1.54) is 231 Å². The second-order valence-corrected chi connectivity index (χ2v) is 21.3. The SMILES string of the molecule is CCCCCC/C=C\C/C=C\CCCCCCCC(=O)OC(COC(=O)CCCCCCCC)COC(=O)CCCCCCCCCCCCCCCCCCCCCCCCCCCCCCCC. The smallest absolute Gasteiger partial charge is 0.306 e. The molecular formula is C64H120O6. The third kappa shape index (κ3) is 56.8. The number of carbonyl (C=O) groups is 3. The van der Waals surface area contributed by atoms with Gasteiger partial charge in [-0.05, 0) is 51.4 Å². The molecule has 6 heteroatoms. The van der Waals surface area contributed by atoms with Gasteiger partial charge in [-0.25, -0.2) is 0 Å². The van der Waals surface area contributed by atoms with Crippen LogP contribution in [0.25, 0.3) is 0 Å². The molecule has 0 saturated heterocycles. The largest absolute Gasteiger partial charge is 0.462 e. The highest BCUT2D eigenvalue weighted by Gasteiger charge is 2.19. The van der Waals surface area contributed by atoms with Crippen molar-refractivity contribution in [3.05, 3.63) is 24.3 Å². The monoisotopic (exact) mass is 985 g/mol. The van der Waals surface area contributed by atoms with Gasteiger partial charge in [0.15, 0.2) is 6.10 Å². The normalized spacial score (nSPS) is 12.1. The maximum atomic E-state index is 12.8. The molecule has 0 aliphatic rings. The molecule has 1 atom stereocenters. The maximum Gasteiger partial charge on any atom is 0.306 e. The van der Waals surface area contributed by atoms with E-state index in [1.807, 2.05) is 0 Å². The second-order valence-electron chi connectivity index (χ2n) is 21.3. The van der Waals surface area contributed by atoms with Crippen LogP contribution in [0.5, 0.6) is 0 Å². The van der Waals surface area contributed by atoms with Crippen molar-refractivity contribution in [1.82, 2.24) is 0 Å². The number of allylic oxidation sites excluding steroid dienone is 4. The predicted octanol–water partition coefficient (Wildman–Crippen LogP) is 21.1. The van der Waals surface area contributed by atoms with Gasteiger partial charge in [0.2, 0.25) is 0 Å². The third-order valence-electron chi connectivity index (χ3n) is 14.2. The highest BCUT2D eigenvalue weighted by Crippen LogP contribution is 2.18. The molecule has 0 aromatic heterocycles. The summed E-state index contributed by atoms with van der Waals surface area (Å²) in [4.78, 5) is 37.9. The van der Waals surface area contributed by atoms with E-state index in [-0.39, 0.29) is 31.1 Å². The van der Waals surface area contributed by atoms with Crippen molar-refractivity contribution in [3.8, 4) is 0 Å². The lowest BCUT2D eigenvalue weighted by atomic mass is 10.0. The quantitative estimate of drug-likeness (QED) is 0.0261. The van der Waals surface area contributed by atoms with E-state index in [0.717, 1.165) is 77.0 Å². The number of hydrogen-bond donors (Lipinski definition) is 0. The third-order valence-corrected chi connectivity index (χ3v) is 14.2. The van der Waals surface area contributed by atoms with Gasteiger partial charge in [-0.2, -0.15) is 0 Å². The minimum absolute atomic E-state index is 0.0727. The first kappa shape index (κ1) is 67.9.